The van der Waals surface area contributed by atoms with E-state index in [0.29, 0.717) is 6.54 Å². The van der Waals surface area contributed by atoms with Crippen molar-refractivity contribution in [2.45, 2.75) is 13.3 Å². The monoisotopic (exact) mass is 231 g/mol. The molecule has 0 fully saturated rings. The van der Waals surface area contributed by atoms with Gasteiger partial charge < -0.3 is 15.6 Å². The molecule has 0 radical (unpaired) electrons. The van der Waals surface area contributed by atoms with Gasteiger partial charge in [0.1, 0.15) is 5.69 Å². The standard InChI is InChI=1S/C13H17N3O/c1-10-5-2-3-6-11(10)13-12(9-16-17-13)15-8-4-7-14/h2-3,5-6,9,15H,4,7-8,14H2,1H3. The molecule has 2 aromatic rings. The van der Waals surface area contributed by atoms with E-state index in [1.54, 1.807) is 6.20 Å². The number of aryl methyl sites for hydroxylation is 1. The first-order valence-corrected chi connectivity index (χ1v) is 5.77. The fraction of sp³-hybridized carbons (Fsp3) is 0.308. The van der Waals surface area contributed by atoms with E-state index in [1.165, 1.54) is 5.56 Å². The Balaban J connectivity index is 2.22. The maximum absolute atomic E-state index is 5.46. The quantitative estimate of drug-likeness (QED) is 0.776. The lowest BCUT2D eigenvalue weighted by Crippen LogP contribution is -2.08. The topological polar surface area (TPSA) is 64.1 Å². The third-order valence-corrected chi connectivity index (χ3v) is 2.66. The molecule has 0 spiro atoms. The average molecular weight is 231 g/mol. The van der Waals surface area contributed by atoms with Gasteiger partial charge in [0.05, 0.1) is 6.20 Å². The number of anilines is 1. The summed E-state index contributed by atoms with van der Waals surface area (Å²) in [6.07, 6.45) is 2.64. The van der Waals surface area contributed by atoms with E-state index < -0.39 is 0 Å². The van der Waals surface area contributed by atoms with Crippen molar-refractivity contribution >= 4 is 5.69 Å². The van der Waals surface area contributed by atoms with E-state index in [2.05, 4.69) is 23.5 Å². The Morgan fingerprint density at radius 1 is 1.35 bits per heavy atom. The summed E-state index contributed by atoms with van der Waals surface area (Å²) in [5.41, 5.74) is 8.63. The number of nitrogens with two attached hydrogens (primary N) is 1. The zero-order chi connectivity index (χ0) is 12.1. The van der Waals surface area contributed by atoms with Crippen molar-refractivity contribution in [1.29, 1.82) is 0 Å². The molecule has 0 atom stereocenters. The van der Waals surface area contributed by atoms with Gasteiger partial charge in [-0.1, -0.05) is 29.4 Å². The molecule has 0 bridgehead atoms. The Morgan fingerprint density at radius 3 is 2.94 bits per heavy atom. The van der Waals surface area contributed by atoms with Crippen molar-refractivity contribution in [3.8, 4) is 11.3 Å². The van der Waals surface area contributed by atoms with Crippen molar-refractivity contribution in [2.24, 2.45) is 5.73 Å². The van der Waals surface area contributed by atoms with Crippen LogP contribution in [-0.4, -0.2) is 18.2 Å². The van der Waals surface area contributed by atoms with Crippen LogP contribution in [0.2, 0.25) is 0 Å². The molecule has 1 aromatic heterocycles. The van der Waals surface area contributed by atoms with E-state index >= 15 is 0 Å². The minimum Gasteiger partial charge on any atom is -0.381 e. The van der Waals surface area contributed by atoms with Crippen LogP contribution in [0.5, 0.6) is 0 Å². The van der Waals surface area contributed by atoms with Gasteiger partial charge in [-0.3, -0.25) is 0 Å². The van der Waals surface area contributed by atoms with E-state index in [-0.39, 0.29) is 0 Å². The lowest BCUT2D eigenvalue weighted by molar-refractivity contribution is 0.432. The van der Waals surface area contributed by atoms with Crippen LogP contribution in [-0.2, 0) is 0 Å². The molecule has 0 aliphatic rings. The highest BCUT2D eigenvalue weighted by atomic mass is 16.5. The normalized spacial score (nSPS) is 10.5. The highest BCUT2D eigenvalue weighted by Crippen LogP contribution is 2.29. The molecule has 1 aromatic carbocycles. The zero-order valence-electron chi connectivity index (χ0n) is 9.94. The highest BCUT2D eigenvalue weighted by Gasteiger charge is 2.11. The molecule has 0 unspecified atom stereocenters. The highest BCUT2D eigenvalue weighted by molar-refractivity contribution is 5.74. The molecular formula is C13H17N3O. The zero-order valence-corrected chi connectivity index (χ0v) is 9.94. The summed E-state index contributed by atoms with van der Waals surface area (Å²) < 4.78 is 5.32. The van der Waals surface area contributed by atoms with Crippen LogP contribution in [0.15, 0.2) is 35.0 Å². The summed E-state index contributed by atoms with van der Waals surface area (Å²) in [6, 6.07) is 8.09. The second kappa shape index (κ2) is 5.50. The molecule has 0 aliphatic heterocycles. The number of nitrogens with zero attached hydrogens (tertiary/aromatic N) is 1. The number of hydrogen-bond donors (Lipinski definition) is 2. The molecular weight excluding hydrogens is 214 g/mol. The molecule has 0 aliphatic carbocycles. The van der Waals surface area contributed by atoms with Crippen LogP contribution in [0.3, 0.4) is 0 Å². The van der Waals surface area contributed by atoms with Crippen LogP contribution in [0, 0.1) is 6.92 Å². The van der Waals surface area contributed by atoms with E-state index in [4.69, 9.17) is 10.3 Å². The second-order valence-corrected chi connectivity index (χ2v) is 3.95. The molecule has 4 nitrogen and oxygen atoms in total. The van der Waals surface area contributed by atoms with Gasteiger partial charge in [0, 0.05) is 12.1 Å². The summed E-state index contributed by atoms with van der Waals surface area (Å²) in [7, 11) is 0. The molecule has 0 saturated carbocycles. The van der Waals surface area contributed by atoms with Gasteiger partial charge in [-0.25, -0.2) is 0 Å². The largest absolute Gasteiger partial charge is 0.381 e. The van der Waals surface area contributed by atoms with Crippen molar-refractivity contribution < 1.29 is 4.52 Å². The Kier molecular flexibility index (Phi) is 3.77. The minimum absolute atomic E-state index is 0.679. The lowest BCUT2D eigenvalue weighted by Gasteiger charge is -2.06. The van der Waals surface area contributed by atoms with Gasteiger partial charge in [0.2, 0.25) is 0 Å². The number of nitrogens with one attached hydrogen (secondary N) is 1. The molecule has 1 heterocycles. The Hall–Kier alpha value is -1.81. The fourth-order valence-electron chi connectivity index (χ4n) is 1.71. The third-order valence-electron chi connectivity index (χ3n) is 2.66. The van der Waals surface area contributed by atoms with E-state index in [0.717, 1.165) is 30.0 Å². The number of benzene rings is 1. The van der Waals surface area contributed by atoms with Crippen LogP contribution >= 0.6 is 0 Å². The first-order chi connectivity index (χ1) is 8.33. The average Bonchev–Trinajstić information content (AvgIpc) is 2.78. The van der Waals surface area contributed by atoms with Crippen LogP contribution in [0.4, 0.5) is 5.69 Å². The number of aromatic nitrogens is 1. The van der Waals surface area contributed by atoms with Gasteiger partial charge in [-0.05, 0) is 25.5 Å². The second-order valence-electron chi connectivity index (χ2n) is 3.95. The van der Waals surface area contributed by atoms with Crippen molar-refractivity contribution in [2.75, 3.05) is 18.4 Å². The molecule has 3 N–H and O–H groups in total. The summed E-state index contributed by atoms with van der Waals surface area (Å²) in [4.78, 5) is 0. The lowest BCUT2D eigenvalue weighted by atomic mass is 10.1. The molecule has 2 rings (SSSR count). The predicted molar refractivity (Wildman–Crippen MR) is 68.8 cm³/mol. The van der Waals surface area contributed by atoms with Gasteiger partial charge in [-0.15, -0.1) is 0 Å². The van der Waals surface area contributed by atoms with Gasteiger partial charge in [-0.2, -0.15) is 0 Å². The van der Waals surface area contributed by atoms with Crippen LogP contribution in [0.25, 0.3) is 11.3 Å². The molecule has 0 saturated heterocycles. The Labute approximate surface area is 101 Å². The van der Waals surface area contributed by atoms with E-state index in [1.807, 2.05) is 18.2 Å². The summed E-state index contributed by atoms with van der Waals surface area (Å²) >= 11 is 0. The number of hydrogen-bond acceptors (Lipinski definition) is 4. The smallest absolute Gasteiger partial charge is 0.190 e. The fourth-order valence-corrected chi connectivity index (χ4v) is 1.71. The number of rotatable bonds is 5. The first kappa shape index (κ1) is 11.7. The SMILES string of the molecule is Cc1ccccc1-c1oncc1NCCCN. The third kappa shape index (κ3) is 2.65. The van der Waals surface area contributed by atoms with Crippen molar-refractivity contribution in [3.63, 3.8) is 0 Å². The van der Waals surface area contributed by atoms with Crippen LogP contribution < -0.4 is 11.1 Å². The predicted octanol–water partition coefficient (Wildman–Crippen LogP) is 2.41. The molecule has 4 heteroatoms. The molecule has 90 valence electrons. The first-order valence-electron chi connectivity index (χ1n) is 5.77. The summed E-state index contributed by atoms with van der Waals surface area (Å²) in [6.45, 7) is 3.57. The van der Waals surface area contributed by atoms with Gasteiger partial charge >= 0.3 is 0 Å². The molecule has 0 amide bonds. The van der Waals surface area contributed by atoms with E-state index in [9.17, 15) is 0 Å². The maximum atomic E-state index is 5.46. The summed E-state index contributed by atoms with van der Waals surface area (Å²) in [5.74, 6) is 0.792. The van der Waals surface area contributed by atoms with Crippen molar-refractivity contribution in [3.05, 3.63) is 36.0 Å². The Morgan fingerprint density at radius 2 is 2.18 bits per heavy atom. The Bertz CT molecular complexity index is 479. The van der Waals surface area contributed by atoms with Gasteiger partial charge in [0.15, 0.2) is 5.76 Å². The summed E-state index contributed by atoms with van der Waals surface area (Å²) in [5, 5.41) is 7.13. The van der Waals surface area contributed by atoms with Crippen LogP contribution in [0.1, 0.15) is 12.0 Å². The maximum Gasteiger partial charge on any atom is 0.190 e. The van der Waals surface area contributed by atoms with Gasteiger partial charge in [0.25, 0.3) is 0 Å². The minimum atomic E-state index is 0.679. The molecule has 17 heavy (non-hydrogen) atoms. The van der Waals surface area contributed by atoms with Crippen molar-refractivity contribution in [1.82, 2.24) is 5.16 Å².